The summed E-state index contributed by atoms with van der Waals surface area (Å²) in [4.78, 5) is 6.29. The van der Waals surface area contributed by atoms with Gasteiger partial charge in [-0.2, -0.15) is 0 Å². The third-order valence-corrected chi connectivity index (χ3v) is 3.41. The van der Waals surface area contributed by atoms with Gasteiger partial charge in [-0.1, -0.05) is 6.92 Å². The molecule has 0 aliphatic carbocycles. The summed E-state index contributed by atoms with van der Waals surface area (Å²) in [5.41, 5.74) is 0.509. The van der Waals surface area contributed by atoms with Crippen molar-refractivity contribution in [1.29, 1.82) is 0 Å². The zero-order valence-corrected chi connectivity index (χ0v) is 15.4. The van der Waals surface area contributed by atoms with Gasteiger partial charge in [0.05, 0.1) is 12.1 Å². The predicted molar refractivity (Wildman–Crippen MR) is 94.6 cm³/mol. The molecule has 1 aromatic rings. The van der Waals surface area contributed by atoms with E-state index in [1.54, 1.807) is 7.05 Å². The van der Waals surface area contributed by atoms with Crippen LogP contribution in [0.5, 0.6) is 0 Å². The van der Waals surface area contributed by atoms with Crippen LogP contribution in [-0.2, 0) is 13.6 Å². The van der Waals surface area contributed by atoms with Gasteiger partial charge < -0.3 is 19.9 Å². The molecule has 1 atom stereocenters. The van der Waals surface area contributed by atoms with Crippen LogP contribution in [0.2, 0.25) is 0 Å². The number of hydrogen-bond donors (Lipinski definition) is 2. The van der Waals surface area contributed by atoms with Crippen LogP contribution in [-0.4, -0.2) is 46.8 Å². The largest absolute Gasteiger partial charge is 0.388 e. The van der Waals surface area contributed by atoms with Gasteiger partial charge in [-0.05, 0) is 25.5 Å². The second-order valence-corrected chi connectivity index (χ2v) is 5.22. The summed E-state index contributed by atoms with van der Waals surface area (Å²) in [6.45, 7) is 5.06. The molecular formula is C14H27IN4O. The summed E-state index contributed by atoms with van der Waals surface area (Å²) in [5, 5.41) is 13.2. The first-order valence-electron chi connectivity index (χ1n) is 6.64. The Morgan fingerprint density at radius 3 is 2.65 bits per heavy atom. The van der Waals surface area contributed by atoms with Gasteiger partial charge in [-0.25, -0.2) is 0 Å². The van der Waals surface area contributed by atoms with Crippen molar-refractivity contribution in [3.8, 4) is 0 Å². The molecule has 6 heteroatoms. The van der Waals surface area contributed by atoms with Crippen molar-refractivity contribution >= 4 is 29.9 Å². The molecular weight excluding hydrogens is 367 g/mol. The molecule has 0 fully saturated rings. The first kappa shape index (κ1) is 19.2. The van der Waals surface area contributed by atoms with Gasteiger partial charge in [0.15, 0.2) is 5.96 Å². The third-order valence-electron chi connectivity index (χ3n) is 3.41. The average Bonchev–Trinajstić information content (AvgIpc) is 2.76. The lowest BCUT2D eigenvalue weighted by atomic mass is 10.0. The van der Waals surface area contributed by atoms with Gasteiger partial charge in [0.25, 0.3) is 0 Å². The van der Waals surface area contributed by atoms with Crippen LogP contribution in [0.15, 0.2) is 23.3 Å². The smallest absolute Gasteiger partial charge is 0.193 e. The maximum atomic E-state index is 10.0. The highest BCUT2D eigenvalue weighted by Gasteiger charge is 2.18. The number of aliphatic imine (C=N–C) groups is 1. The minimum atomic E-state index is -0.707. The number of aliphatic hydroxyl groups is 1. The minimum Gasteiger partial charge on any atom is -0.388 e. The summed E-state index contributed by atoms with van der Waals surface area (Å²) >= 11 is 0. The summed E-state index contributed by atoms with van der Waals surface area (Å²) in [6.07, 6.45) is 2.74. The molecule has 0 aliphatic heterocycles. The maximum absolute atomic E-state index is 10.0. The third kappa shape index (κ3) is 5.70. The molecule has 0 aliphatic rings. The van der Waals surface area contributed by atoms with E-state index < -0.39 is 5.60 Å². The fraction of sp³-hybridized carbons (Fsp3) is 0.643. The summed E-state index contributed by atoms with van der Waals surface area (Å²) in [7, 11) is 5.77. The predicted octanol–water partition coefficient (Wildman–Crippen LogP) is 1.81. The highest BCUT2D eigenvalue weighted by atomic mass is 127. The van der Waals surface area contributed by atoms with Gasteiger partial charge in [-0.15, -0.1) is 24.0 Å². The van der Waals surface area contributed by atoms with Gasteiger partial charge in [-0.3, -0.25) is 4.99 Å². The molecule has 0 aromatic carbocycles. The van der Waals surface area contributed by atoms with E-state index in [0.717, 1.165) is 12.5 Å². The number of nitrogens with one attached hydrogen (secondary N) is 1. The Hall–Kier alpha value is -0.760. The van der Waals surface area contributed by atoms with E-state index >= 15 is 0 Å². The standard InChI is InChI=1S/C14H26N4O.HI/c1-6-14(2,19)11-16-13(15-3)18(5)10-12-8-7-9-17(12)4;/h7-9,19H,6,10-11H2,1-5H3,(H,15,16);1H. The Kier molecular flexibility index (Phi) is 8.19. The van der Waals surface area contributed by atoms with Crippen LogP contribution in [0.25, 0.3) is 0 Å². The fourth-order valence-electron chi connectivity index (χ4n) is 1.76. The molecule has 116 valence electrons. The molecule has 2 N–H and O–H groups in total. The van der Waals surface area contributed by atoms with E-state index in [0.29, 0.717) is 13.0 Å². The normalized spacial score (nSPS) is 14.4. The molecule has 1 heterocycles. The van der Waals surface area contributed by atoms with E-state index in [4.69, 9.17) is 0 Å². The number of nitrogens with zero attached hydrogens (tertiary/aromatic N) is 3. The second kappa shape index (κ2) is 8.51. The van der Waals surface area contributed by atoms with Crippen LogP contribution in [0.1, 0.15) is 26.0 Å². The topological polar surface area (TPSA) is 52.8 Å². The zero-order valence-electron chi connectivity index (χ0n) is 13.1. The number of aryl methyl sites for hydroxylation is 1. The molecule has 0 saturated heterocycles. The zero-order chi connectivity index (χ0) is 14.5. The molecule has 0 radical (unpaired) electrons. The Labute approximate surface area is 139 Å². The van der Waals surface area contributed by atoms with Gasteiger partial charge in [0.2, 0.25) is 0 Å². The van der Waals surface area contributed by atoms with Crippen molar-refractivity contribution in [3.05, 3.63) is 24.0 Å². The molecule has 1 aromatic heterocycles. The molecule has 0 bridgehead atoms. The average molecular weight is 394 g/mol. The Bertz CT molecular complexity index is 429. The Balaban J connectivity index is 0.00000361. The summed E-state index contributed by atoms with van der Waals surface area (Å²) in [5.74, 6) is 0.787. The van der Waals surface area contributed by atoms with Gasteiger partial charge >= 0.3 is 0 Å². The highest BCUT2D eigenvalue weighted by molar-refractivity contribution is 14.0. The molecule has 1 unspecified atom stereocenters. The lowest BCUT2D eigenvalue weighted by molar-refractivity contribution is 0.0598. The van der Waals surface area contributed by atoms with Crippen molar-refractivity contribution in [2.45, 2.75) is 32.4 Å². The van der Waals surface area contributed by atoms with E-state index in [-0.39, 0.29) is 24.0 Å². The van der Waals surface area contributed by atoms with E-state index in [9.17, 15) is 5.11 Å². The van der Waals surface area contributed by atoms with Crippen molar-refractivity contribution < 1.29 is 5.11 Å². The monoisotopic (exact) mass is 394 g/mol. The van der Waals surface area contributed by atoms with Crippen molar-refractivity contribution in [2.75, 3.05) is 20.6 Å². The van der Waals surface area contributed by atoms with Crippen LogP contribution in [0.3, 0.4) is 0 Å². The first-order chi connectivity index (χ1) is 8.89. The molecule has 20 heavy (non-hydrogen) atoms. The van der Waals surface area contributed by atoms with Crippen molar-refractivity contribution in [2.24, 2.45) is 12.0 Å². The van der Waals surface area contributed by atoms with Crippen molar-refractivity contribution in [3.63, 3.8) is 0 Å². The minimum absolute atomic E-state index is 0. The van der Waals surface area contributed by atoms with Crippen molar-refractivity contribution in [1.82, 2.24) is 14.8 Å². The second-order valence-electron chi connectivity index (χ2n) is 5.22. The number of aromatic nitrogens is 1. The molecule has 0 amide bonds. The quantitative estimate of drug-likeness (QED) is 0.455. The van der Waals surface area contributed by atoms with E-state index in [2.05, 4.69) is 20.9 Å². The lowest BCUT2D eigenvalue weighted by Crippen LogP contribution is -2.46. The highest BCUT2D eigenvalue weighted by Crippen LogP contribution is 2.07. The molecule has 0 saturated carbocycles. The molecule has 0 spiro atoms. The van der Waals surface area contributed by atoms with Crippen LogP contribution >= 0.6 is 24.0 Å². The van der Waals surface area contributed by atoms with Crippen LogP contribution in [0.4, 0.5) is 0 Å². The van der Waals surface area contributed by atoms with E-state index in [1.165, 1.54) is 5.69 Å². The summed E-state index contributed by atoms with van der Waals surface area (Å²) in [6, 6.07) is 4.12. The van der Waals surface area contributed by atoms with Crippen LogP contribution < -0.4 is 5.32 Å². The number of guanidine groups is 1. The Morgan fingerprint density at radius 1 is 1.55 bits per heavy atom. The lowest BCUT2D eigenvalue weighted by Gasteiger charge is -2.27. The number of hydrogen-bond acceptors (Lipinski definition) is 2. The molecule has 5 nitrogen and oxygen atoms in total. The Morgan fingerprint density at radius 2 is 2.20 bits per heavy atom. The number of rotatable bonds is 5. The SMILES string of the molecule is CCC(C)(O)CNC(=NC)N(C)Cc1cccn1C.I. The fourth-order valence-corrected chi connectivity index (χ4v) is 1.76. The summed E-state index contributed by atoms with van der Waals surface area (Å²) < 4.78 is 2.09. The first-order valence-corrected chi connectivity index (χ1v) is 6.64. The van der Waals surface area contributed by atoms with Gasteiger partial charge in [0, 0.05) is 39.6 Å². The maximum Gasteiger partial charge on any atom is 0.193 e. The number of halogens is 1. The van der Waals surface area contributed by atoms with E-state index in [1.807, 2.05) is 45.1 Å². The molecule has 1 rings (SSSR count). The van der Waals surface area contributed by atoms with Gasteiger partial charge in [0.1, 0.15) is 0 Å². The van der Waals surface area contributed by atoms with Crippen LogP contribution in [0, 0.1) is 0 Å².